The first-order valence-electron chi connectivity index (χ1n) is 4.13. The third kappa shape index (κ3) is 1.30. The number of hydrogen-bond donors (Lipinski definition) is 1. The molecular formula is C8H6N4S3. The fourth-order valence-electron chi connectivity index (χ4n) is 1.34. The van der Waals surface area contributed by atoms with Gasteiger partial charge in [0.1, 0.15) is 22.5 Å². The quantitative estimate of drug-likeness (QED) is 0.676. The highest BCUT2D eigenvalue weighted by molar-refractivity contribution is 8.00. The molecule has 0 radical (unpaired) electrons. The van der Waals surface area contributed by atoms with E-state index in [1.807, 2.05) is 6.26 Å². The summed E-state index contributed by atoms with van der Waals surface area (Å²) < 4.78 is 3.13. The van der Waals surface area contributed by atoms with Gasteiger partial charge in [-0.15, -0.1) is 22.7 Å². The van der Waals surface area contributed by atoms with Crippen LogP contribution in [0.1, 0.15) is 0 Å². The van der Waals surface area contributed by atoms with E-state index in [0.717, 1.165) is 24.1 Å². The second-order valence-corrected chi connectivity index (χ2v) is 5.91. The van der Waals surface area contributed by atoms with E-state index in [1.165, 1.54) is 6.33 Å². The van der Waals surface area contributed by atoms with Gasteiger partial charge in [-0.25, -0.2) is 15.0 Å². The van der Waals surface area contributed by atoms with Crippen LogP contribution in [0.3, 0.4) is 0 Å². The average molecular weight is 254 g/mol. The minimum atomic E-state index is 0.543. The minimum absolute atomic E-state index is 0.543. The molecule has 0 aliphatic carbocycles. The molecule has 0 fully saturated rings. The number of nitrogens with zero attached hydrogens (tertiary/aromatic N) is 3. The van der Waals surface area contributed by atoms with Gasteiger partial charge in [-0.3, -0.25) is 0 Å². The predicted octanol–water partition coefficient (Wildman–Crippen LogP) is 2.61. The van der Waals surface area contributed by atoms with E-state index >= 15 is 0 Å². The van der Waals surface area contributed by atoms with Gasteiger partial charge in [-0.1, -0.05) is 11.8 Å². The Balaban J connectivity index is 2.46. The molecule has 0 saturated heterocycles. The maximum Gasteiger partial charge on any atom is 0.151 e. The molecule has 3 aromatic rings. The van der Waals surface area contributed by atoms with Crippen LogP contribution < -0.4 is 5.73 Å². The Kier molecular flexibility index (Phi) is 2.04. The fourth-order valence-corrected chi connectivity index (χ4v) is 4.16. The Morgan fingerprint density at radius 1 is 1.27 bits per heavy atom. The molecule has 0 unspecified atom stereocenters. The standard InChI is InChI=1S/C8H6N4S3/c1-13-8-12-7-5(15-8)3-4(14-7)6(9)11-2-10-3/h2H,1H3,(H2,9,10,11). The molecule has 3 heterocycles. The van der Waals surface area contributed by atoms with Crippen molar-refractivity contribution in [2.75, 3.05) is 12.0 Å². The molecule has 0 aromatic carbocycles. The van der Waals surface area contributed by atoms with E-state index in [0.29, 0.717) is 5.82 Å². The molecule has 3 aromatic heterocycles. The van der Waals surface area contributed by atoms with Crippen LogP contribution in [0.5, 0.6) is 0 Å². The number of nitrogen functional groups attached to an aromatic ring is 1. The van der Waals surface area contributed by atoms with Gasteiger partial charge in [0.15, 0.2) is 4.34 Å². The van der Waals surface area contributed by atoms with Crippen molar-refractivity contribution in [2.45, 2.75) is 4.34 Å². The van der Waals surface area contributed by atoms with E-state index in [9.17, 15) is 0 Å². The van der Waals surface area contributed by atoms with Crippen LogP contribution in [0.25, 0.3) is 19.7 Å². The van der Waals surface area contributed by atoms with Crippen LogP contribution in [0.2, 0.25) is 0 Å². The molecule has 0 amide bonds. The molecule has 2 N–H and O–H groups in total. The number of fused-ring (bicyclic) bond motifs is 3. The fraction of sp³-hybridized carbons (Fsp3) is 0.125. The van der Waals surface area contributed by atoms with Gasteiger partial charge in [-0.2, -0.15) is 0 Å². The molecule has 4 nitrogen and oxygen atoms in total. The van der Waals surface area contributed by atoms with Crippen LogP contribution in [-0.4, -0.2) is 21.2 Å². The molecule has 7 heteroatoms. The average Bonchev–Trinajstić information content (AvgIpc) is 2.76. The number of thiophene rings is 1. The molecular weight excluding hydrogens is 248 g/mol. The van der Waals surface area contributed by atoms with E-state index in [2.05, 4.69) is 15.0 Å². The second-order valence-electron chi connectivity index (χ2n) is 2.86. The number of anilines is 1. The van der Waals surface area contributed by atoms with Gasteiger partial charge in [0, 0.05) is 0 Å². The van der Waals surface area contributed by atoms with Crippen LogP contribution in [0.4, 0.5) is 5.82 Å². The Hall–Kier alpha value is -0.920. The summed E-state index contributed by atoms with van der Waals surface area (Å²) >= 11 is 4.87. The Bertz CT molecular complexity index is 642. The monoisotopic (exact) mass is 254 g/mol. The second kappa shape index (κ2) is 3.29. The van der Waals surface area contributed by atoms with Gasteiger partial charge >= 0.3 is 0 Å². The lowest BCUT2D eigenvalue weighted by atomic mass is 10.4. The Morgan fingerprint density at radius 3 is 2.93 bits per heavy atom. The summed E-state index contributed by atoms with van der Waals surface area (Å²) in [5.41, 5.74) is 6.71. The summed E-state index contributed by atoms with van der Waals surface area (Å²) in [7, 11) is 0. The van der Waals surface area contributed by atoms with E-state index < -0.39 is 0 Å². The summed E-state index contributed by atoms with van der Waals surface area (Å²) in [6.45, 7) is 0. The maximum absolute atomic E-state index is 5.78. The first kappa shape index (κ1) is 9.32. The van der Waals surface area contributed by atoms with Crippen LogP contribution in [0, 0.1) is 0 Å². The maximum atomic E-state index is 5.78. The molecule has 15 heavy (non-hydrogen) atoms. The molecule has 0 atom stereocenters. The van der Waals surface area contributed by atoms with Crippen molar-refractivity contribution >= 4 is 60.0 Å². The molecule has 76 valence electrons. The normalized spacial score (nSPS) is 11.5. The predicted molar refractivity (Wildman–Crippen MR) is 66.8 cm³/mol. The van der Waals surface area contributed by atoms with Gasteiger partial charge in [0.25, 0.3) is 0 Å². The van der Waals surface area contributed by atoms with Crippen LogP contribution >= 0.6 is 34.4 Å². The van der Waals surface area contributed by atoms with Crippen molar-refractivity contribution in [3.8, 4) is 0 Å². The van der Waals surface area contributed by atoms with Crippen molar-refractivity contribution in [1.29, 1.82) is 0 Å². The first-order chi connectivity index (χ1) is 7.29. The summed E-state index contributed by atoms with van der Waals surface area (Å²) in [6.07, 6.45) is 3.52. The number of rotatable bonds is 1. The van der Waals surface area contributed by atoms with Crippen molar-refractivity contribution in [2.24, 2.45) is 0 Å². The summed E-state index contributed by atoms with van der Waals surface area (Å²) in [6, 6.07) is 0. The molecule has 0 bridgehead atoms. The minimum Gasteiger partial charge on any atom is -0.382 e. The van der Waals surface area contributed by atoms with Crippen molar-refractivity contribution in [3.05, 3.63) is 6.33 Å². The van der Waals surface area contributed by atoms with Gasteiger partial charge in [0.05, 0.1) is 9.40 Å². The summed E-state index contributed by atoms with van der Waals surface area (Å²) in [5.74, 6) is 0.543. The number of thiazole rings is 1. The molecule has 3 rings (SSSR count). The number of hydrogen-bond acceptors (Lipinski definition) is 7. The highest BCUT2D eigenvalue weighted by Crippen LogP contribution is 2.39. The number of aromatic nitrogens is 3. The van der Waals surface area contributed by atoms with Crippen LogP contribution in [-0.2, 0) is 0 Å². The van der Waals surface area contributed by atoms with E-state index in [-0.39, 0.29) is 0 Å². The lowest BCUT2D eigenvalue weighted by Crippen LogP contribution is -1.89. The van der Waals surface area contributed by atoms with Gasteiger partial charge in [0.2, 0.25) is 0 Å². The largest absolute Gasteiger partial charge is 0.382 e. The zero-order valence-corrected chi connectivity index (χ0v) is 10.2. The zero-order valence-electron chi connectivity index (χ0n) is 7.72. The molecule has 0 aliphatic rings. The third-order valence-corrected chi connectivity index (χ3v) is 5.27. The van der Waals surface area contributed by atoms with E-state index in [1.54, 1.807) is 34.4 Å². The number of thioether (sulfide) groups is 1. The first-order valence-corrected chi connectivity index (χ1v) is 6.99. The highest BCUT2D eigenvalue weighted by atomic mass is 32.2. The molecule has 0 spiro atoms. The van der Waals surface area contributed by atoms with E-state index in [4.69, 9.17) is 5.73 Å². The van der Waals surface area contributed by atoms with Gasteiger partial charge < -0.3 is 5.73 Å². The lowest BCUT2D eigenvalue weighted by molar-refractivity contribution is 1.24. The van der Waals surface area contributed by atoms with Crippen LogP contribution in [0.15, 0.2) is 10.7 Å². The van der Waals surface area contributed by atoms with Crippen molar-refractivity contribution < 1.29 is 0 Å². The molecule has 0 aliphatic heterocycles. The Morgan fingerprint density at radius 2 is 2.13 bits per heavy atom. The zero-order chi connectivity index (χ0) is 10.4. The number of nitrogens with two attached hydrogens (primary N) is 1. The molecule has 0 saturated carbocycles. The summed E-state index contributed by atoms with van der Waals surface area (Å²) in [4.78, 5) is 13.7. The highest BCUT2D eigenvalue weighted by Gasteiger charge is 2.13. The van der Waals surface area contributed by atoms with Crippen molar-refractivity contribution in [1.82, 2.24) is 15.0 Å². The summed E-state index contributed by atoms with van der Waals surface area (Å²) in [5, 5.41) is 0. The van der Waals surface area contributed by atoms with Gasteiger partial charge in [-0.05, 0) is 6.26 Å². The Labute approximate surface area is 97.6 Å². The van der Waals surface area contributed by atoms with Crippen molar-refractivity contribution in [3.63, 3.8) is 0 Å². The third-order valence-electron chi connectivity index (χ3n) is 2.00. The SMILES string of the molecule is CSc1nc2sc3c(N)ncnc3c2s1. The topological polar surface area (TPSA) is 64.7 Å². The smallest absolute Gasteiger partial charge is 0.151 e. The lowest BCUT2D eigenvalue weighted by Gasteiger charge is -1.91.